The summed E-state index contributed by atoms with van der Waals surface area (Å²) in [5.41, 5.74) is 1.17. The second kappa shape index (κ2) is 8.54. The van der Waals surface area contributed by atoms with Crippen LogP contribution in [0.1, 0.15) is 24.3 Å². The average Bonchev–Trinajstić information content (AvgIpc) is 2.69. The molecule has 0 bridgehead atoms. The number of para-hydroxylation sites is 1. The Morgan fingerprint density at radius 3 is 2.19 bits per heavy atom. The Bertz CT molecular complexity index is 857. The summed E-state index contributed by atoms with van der Waals surface area (Å²) in [5, 5.41) is 0. The van der Waals surface area contributed by atoms with Crippen LogP contribution >= 0.6 is 0 Å². The van der Waals surface area contributed by atoms with Gasteiger partial charge in [0.05, 0.1) is 7.11 Å². The number of nitrogens with zero attached hydrogens (tertiary/aromatic N) is 1. The molecule has 0 spiro atoms. The minimum atomic E-state index is -3.60. The predicted octanol–water partition coefficient (Wildman–Crippen LogP) is 3.16. The number of ether oxygens (including phenoxy) is 2. The number of esters is 1. The monoisotopic (exact) mass is 389 g/mol. The largest absolute Gasteiger partial charge is 0.468 e. The maximum Gasteiger partial charge on any atom is 0.322 e. The molecule has 1 heterocycles. The Morgan fingerprint density at radius 1 is 1.00 bits per heavy atom. The molecule has 1 aliphatic rings. The summed E-state index contributed by atoms with van der Waals surface area (Å²) in [4.78, 5) is 11.3. The topological polar surface area (TPSA) is 72.9 Å². The van der Waals surface area contributed by atoms with Crippen molar-refractivity contribution in [3.8, 4) is 11.5 Å². The molecule has 1 fully saturated rings. The zero-order chi connectivity index (χ0) is 19.3. The molecule has 144 valence electrons. The lowest BCUT2D eigenvalue weighted by atomic mass is 9.90. The minimum absolute atomic E-state index is 0.292. The quantitative estimate of drug-likeness (QED) is 0.710. The first-order valence-electron chi connectivity index (χ1n) is 8.85. The van der Waals surface area contributed by atoms with Crippen LogP contribution in [-0.2, 0) is 19.6 Å². The molecule has 0 radical (unpaired) electrons. The minimum Gasteiger partial charge on any atom is -0.468 e. The number of methoxy groups -OCH3 is 1. The summed E-state index contributed by atoms with van der Waals surface area (Å²) in [6.45, 7) is 0.818. The molecule has 3 rings (SSSR count). The van der Waals surface area contributed by atoms with Crippen LogP contribution in [0.25, 0.3) is 0 Å². The van der Waals surface area contributed by atoms with Crippen LogP contribution in [-0.4, -0.2) is 44.6 Å². The number of hydrogen-bond donors (Lipinski definition) is 0. The van der Waals surface area contributed by atoms with Crippen molar-refractivity contribution in [3.63, 3.8) is 0 Å². The molecule has 0 atom stereocenters. The van der Waals surface area contributed by atoms with Crippen LogP contribution in [0, 0.1) is 0 Å². The smallest absolute Gasteiger partial charge is 0.322 e. The number of rotatable bonds is 6. The fourth-order valence-electron chi connectivity index (χ4n) is 3.20. The molecule has 0 unspecified atom stereocenters. The third-order valence-electron chi connectivity index (χ3n) is 4.71. The van der Waals surface area contributed by atoms with E-state index in [0.717, 1.165) is 24.3 Å². The predicted molar refractivity (Wildman–Crippen MR) is 102 cm³/mol. The third-order valence-corrected chi connectivity index (χ3v) is 6.46. The summed E-state index contributed by atoms with van der Waals surface area (Å²) in [5.74, 6) is 0.517. The van der Waals surface area contributed by atoms with Crippen molar-refractivity contribution in [1.29, 1.82) is 0 Å². The van der Waals surface area contributed by atoms with Crippen LogP contribution in [0.3, 0.4) is 0 Å². The summed E-state index contributed by atoms with van der Waals surface area (Å²) < 4.78 is 36.1. The number of carbonyl (C=O) groups excluding carboxylic acids is 1. The summed E-state index contributed by atoms with van der Waals surface area (Å²) in [6.07, 6.45) is 1.44. The molecule has 0 amide bonds. The SMILES string of the molecule is COC(=O)CS(=O)(=O)N1CCC(c2ccc(Oc3ccccc3)cc2)CC1. The second-order valence-corrected chi connectivity index (χ2v) is 8.46. The second-order valence-electron chi connectivity index (χ2n) is 6.49. The average molecular weight is 389 g/mol. The van der Waals surface area contributed by atoms with Crippen molar-refractivity contribution in [2.24, 2.45) is 0 Å². The van der Waals surface area contributed by atoms with Gasteiger partial charge in [-0.25, -0.2) is 12.7 Å². The lowest BCUT2D eigenvalue weighted by Crippen LogP contribution is -2.40. The van der Waals surface area contributed by atoms with Gasteiger partial charge in [0, 0.05) is 13.1 Å². The number of sulfonamides is 1. The van der Waals surface area contributed by atoms with Crippen LogP contribution in [0.15, 0.2) is 54.6 Å². The van der Waals surface area contributed by atoms with E-state index in [1.807, 2.05) is 54.6 Å². The van der Waals surface area contributed by atoms with Gasteiger partial charge in [-0.2, -0.15) is 0 Å². The summed E-state index contributed by atoms with van der Waals surface area (Å²) in [6, 6.07) is 17.5. The normalized spacial score (nSPS) is 16.0. The Balaban J connectivity index is 1.57. The van der Waals surface area contributed by atoms with E-state index < -0.39 is 21.7 Å². The van der Waals surface area contributed by atoms with Crippen LogP contribution in [0.4, 0.5) is 0 Å². The van der Waals surface area contributed by atoms with E-state index in [4.69, 9.17) is 4.74 Å². The van der Waals surface area contributed by atoms with Crippen molar-refractivity contribution in [2.75, 3.05) is 26.0 Å². The van der Waals surface area contributed by atoms with Gasteiger partial charge < -0.3 is 9.47 Å². The summed E-state index contributed by atoms with van der Waals surface area (Å²) in [7, 11) is -2.41. The Hall–Kier alpha value is -2.38. The Labute approximate surface area is 159 Å². The van der Waals surface area contributed by atoms with E-state index in [1.54, 1.807) is 0 Å². The van der Waals surface area contributed by atoms with Gasteiger partial charge in [-0.15, -0.1) is 0 Å². The lowest BCUT2D eigenvalue weighted by Gasteiger charge is -2.31. The third kappa shape index (κ3) is 5.08. The molecule has 0 saturated carbocycles. The van der Waals surface area contributed by atoms with E-state index in [0.29, 0.717) is 19.0 Å². The van der Waals surface area contributed by atoms with Gasteiger partial charge in [-0.3, -0.25) is 4.79 Å². The van der Waals surface area contributed by atoms with E-state index in [-0.39, 0.29) is 0 Å². The zero-order valence-corrected chi connectivity index (χ0v) is 16.0. The van der Waals surface area contributed by atoms with E-state index in [1.165, 1.54) is 17.0 Å². The van der Waals surface area contributed by atoms with Gasteiger partial charge in [0.15, 0.2) is 5.75 Å². The maximum atomic E-state index is 12.2. The number of piperidine rings is 1. The summed E-state index contributed by atoms with van der Waals surface area (Å²) >= 11 is 0. The molecule has 7 heteroatoms. The van der Waals surface area contributed by atoms with Gasteiger partial charge in [-0.05, 0) is 48.6 Å². The molecule has 1 saturated heterocycles. The van der Waals surface area contributed by atoms with Crippen molar-refractivity contribution in [1.82, 2.24) is 4.31 Å². The number of carbonyl (C=O) groups is 1. The van der Waals surface area contributed by atoms with Gasteiger partial charge in [0.25, 0.3) is 0 Å². The van der Waals surface area contributed by atoms with Crippen molar-refractivity contribution in [3.05, 3.63) is 60.2 Å². The lowest BCUT2D eigenvalue weighted by molar-refractivity contribution is -0.137. The fourth-order valence-corrected chi connectivity index (χ4v) is 4.56. The molecule has 0 aliphatic carbocycles. The highest BCUT2D eigenvalue weighted by atomic mass is 32.2. The molecule has 0 N–H and O–H groups in total. The first-order valence-corrected chi connectivity index (χ1v) is 10.5. The highest BCUT2D eigenvalue weighted by molar-refractivity contribution is 7.89. The van der Waals surface area contributed by atoms with E-state index in [2.05, 4.69) is 4.74 Å². The van der Waals surface area contributed by atoms with Gasteiger partial charge in [-0.1, -0.05) is 30.3 Å². The first-order chi connectivity index (χ1) is 13.0. The molecule has 2 aromatic rings. The standard InChI is InChI=1S/C20H23NO5S/c1-25-20(22)15-27(23,24)21-13-11-17(12-14-21)16-7-9-19(10-8-16)26-18-5-3-2-4-6-18/h2-10,17H,11-15H2,1H3. The highest BCUT2D eigenvalue weighted by Gasteiger charge is 2.30. The van der Waals surface area contributed by atoms with Crippen LogP contribution < -0.4 is 4.74 Å². The molecule has 1 aliphatic heterocycles. The zero-order valence-electron chi connectivity index (χ0n) is 15.2. The van der Waals surface area contributed by atoms with Gasteiger partial charge in [0.1, 0.15) is 11.5 Å². The van der Waals surface area contributed by atoms with Gasteiger partial charge in [0.2, 0.25) is 10.0 Å². The number of benzene rings is 2. The maximum absolute atomic E-state index is 12.2. The fraction of sp³-hybridized carbons (Fsp3) is 0.350. The van der Waals surface area contributed by atoms with Crippen molar-refractivity contribution >= 4 is 16.0 Å². The van der Waals surface area contributed by atoms with Crippen molar-refractivity contribution in [2.45, 2.75) is 18.8 Å². The Kier molecular flexibility index (Phi) is 6.13. The number of hydrogen-bond acceptors (Lipinski definition) is 5. The molecule has 0 aromatic heterocycles. The molecule has 6 nitrogen and oxygen atoms in total. The Morgan fingerprint density at radius 2 is 1.59 bits per heavy atom. The molecular formula is C20H23NO5S. The van der Waals surface area contributed by atoms with Crippen molar-refractivity contribution < 1.29 is 22.7 Å². The highest BCUT2D eigenvalue weighted by Crippen LogP contribution is 2.31. The first kappa shape index (κ1) is 19.4. The van der Waals surface area contributed by atoms with E-state index >= 15 is 0 Å². The molecule has 2 aromatic carbocycles. The van der Waals surface area contributed by atoms with Crippen LogP contribution in [0.2, 0.25) is 0 Å². The molecular weight excluding hydrogens is 366 g/mol. The molecule has 27 heavy (non-hydrogen) atoms. The van der Waals surface area contributed by atoms with E-state index in [9.17, 15) is 13.2 Å². The van der Waals surface area contributed by atoms with Gasteiger partial charge >= 0.3 is 5.97 Å². The van der Waals surface area contributed by atoms with Crippen LogP contribution in [0.5, 0.6) is 11.5 Å².